The van der Waals surface area contributed by atoms with Gasteiger partial charge in [-0.3, -0.25) is 39.2 Å². The number of halogens is 1. The van der Waals surface area contributed by atoms with Gasteiger partial charge in [0.1, 0.15) is 23.6 Å². The van der Waals surface area contributed by atoms with E-state index in [4.69, 9.17) is 5.73 Å². The van der Waals surface area contributed by atoms with E-state index in [0.717, 1.165) is 22.2 Å². The normalized spacial score (nSPS) is 13.9. The highest BCUT2D eigenvalue weighted by Gasteiger charge is 2.32. The first-order valence-corrected chi connectivity index (χ1v) is 18.5. The number of carboxylic acids is 1. The third kappa shape index (κ3) is 9.88. The second-order valence-electron chi connectivity index (χ2n) is 13.4. The van der Waals surface area contributed by atoms with Crippen molar-refractivity contribution in [2.24, 2.45) is 11.7 Å². The molecule has 3 heterocycles. The number of H-pyrrole nitrogens is 2. The van der Waals surface area contributed by atoms with Crippen LogP contribution < -0.4 is 27.0 Å². The van der Waals surface area contributed by atoms with Gasteiger partial charge in [0.25, 0.3) is 5.91 Å². The quantitative estimate of drug-likeness (QED) is 0.0637. The van der Waals surface area contributed by atoms with Crippen LogP contribution in [-0.4, -0.2) is 84.8 Å². The molecule has 5 atom stereocenters. The molecule has 0 saturated carbocycles. The Morgan fingerprint density at radius 1 is 0.946 bits per heavy atom. The molecule has 0 unspecified atom stereocenters. The summed E-state index contributed by atoms with van der Waals surface area (Å²) < 4.78 is 13.3. The number of nitrogens with two attached hydrogens (primary N) is 1. The number of amides is 4. The van der Waals surface area contributed by atoms with Gasteiger partial charge in [-0.05, 0) is 61.7 Å². The molecule has 4 amide bonds. The smallest absolute Gasteiger partial charge is 0.305 e. The summed E-state index contributed by atoms with van der Waals surface area (Å²) in [5, 5.41) is 27.8. The Bertz CT molecular complexity index is 2250. The minimum Gasteiger partial charge on any atom is -0.481 e. The molecule has 0 aliphatic heterocycles. The monoisotopic (exact) mass is 787 g/mol. The fraction of sp³-hybridized carbons (Fsp3) is 0.316. The highest BCUT2D eigenvalue weighted by atomic mass is 32.1. The van der Waals surface area contributed by atoms with Gasteiger partial charge in [-0.15, -0.1) is 0 Å². The highest BCUT2D eigenvalue weighted by Crippen LogP contribution is 2.32. The number of para-hydroxylation sites is 1. The van der Waals surface area contributed by atoms with Crippen LogP contribution in [0.25, 0.3) is 21.5 Å². The van der Waals surface area contributed by atoms with Gasteiger partial charge in [-0.1, -0.05) is 49.8 Å². The number of carbonyl (C=O) groups excluding carboxylic acids is 5. The predicted octanol–water partition coefficient (Wildman–Crippen LogP) is 3.46. The van der Waals surface area contributed by atoms with E-state index in [-0.39, 0.29) is 28.7 Å². The van der Waals surface area contributed by atoms with Crippen molar-refractivity contribution in [3.63, 3.8) is 0 Å². The lowest BCUT2D eigenvalue weighted by Crippen LogP contribution is -2.58. The number of thiazole rings is 1. The summed E-state index contributed by atoms with van der Waals surface area (Å²) >= 11 is 1.13. The molecule has 0 bridgehead atoms. The first-order valence-electron chi connectivity index (χ1n) is 17.7. The molecule has 3 aromatic heterocycles. The molecule has 0 spiro atoms. The van der Waals surface area contributed by atoms with Gasteiger partial charge in [0.05, 0.1) is 34.8 Å². The van der Waals surface area contributed by atoms with Crippen LogP contribution in [0.4, 0.5) is 9.52 Å². The Morgan fingerprint density at radius 2 is 1.62 bits per heavy atom. The predicted molar refractivity (Wildman–Crippen MR) is 206 cm³/mol. The van der Waals surface area contributed by atoms with Crippen LogP contribution in [0.15, 0.2) is 60.8 Å². The van der Waals surface area contributed by atoms with Crippen LogP contribution in [0.2, 0.25) is 0 Å². The van der Waals surface area contributed by atoms with Crippen LogP contribution in [0, 0.1) is 18.7 Å². The maximum atomic E-state index is 13.9. The molecule has 2 aromatic carbocycles. The summed E-state index contributed by atoms with van der Waals surface area (Å²) in [6.07, 6.45) is 1.42. The minimum absolute atomic E-state index is 0.0170. The fourth-order valence-corrected chi connectivity index (χ4v) is 6.73. The van der Waals surface area contributed by atoms with E-state index in [1.807, 2.05) is 31.2 Å². The number of aromatic nitrogens is 4. The zero-order valence-corrected chi connectivity index (χ0v) is 31.8. The van der Waals surface area contributed by atoms with E-state index < -0.39 is 71.8 Å². The number of ketones is 1. The summed E-state index contributed by atoms with van der Waals surface area (Å²) in [7, 11) is 0. The molecular formula is C38H42FN9O7S. The second kappa shape index (κ2) is 17.9. The minimum atomic E-state index is -1.55. The lowest BCUT2D eigenvalue weighted by molar-refractivity contribution is -0.141. The number of rotatable bonds is 17. The molecule has 0 aliphatic rings. The van der Waals surface area contributed by atoms with E-state index >= 15 is 0 Å². The number of aryl methyl sites for hydroxylation is 1. The average Bonchev–Trinajstić information content (AvgIpc) is 3.91. The van der Waals surface area contributed by atoms with Gasteiger partial charge in [-0.25, -0.2) is 9.37 Å². The van der Waals surface area contributed by atoms with E-state index in [2.05, 4.69) is 41.4 Å². The Balaban J connectivity index is 1.31. The molecule has 9 N–H and O–H groups in total. The van der Waals surface area contributed by atoms with Crippen LogP contribution in [-0.2, 0) is 25.6 Å². The van der Waals surface area contributed by atoms with Crippen LogP contribution in [0.5, 0.6) is 0 Å². The number of anilines is 1. The molecule has 0 fully saturated rings. The number of fused-ring (bicyclic) bond motifs is 1. The first-order chi connectivity index (χ1) is 26.6. The molecule has 56 heavy (non-hydrogen) atoms. The van der Waals surface area contributed by atoms with E-state index in [1.165, 1.54) is 37.3 Å². The first kappa shape index (κ1) is 40.9. The average molecular weight is 788 g/mol. The van der Waals surface area contributed by atoms with Gasteiger partial charge in [0, 0.05) is 29.1 Å². The number of hydrogen-bond acceptors (Lipinski definition) is 10. The van der Waals surface area contributed by atoms with E-state index in [1.54, 1.807) is 20.0 Å². The largest absolute Gasteiger partial charge is 0.481 e. The third-order valence-electron chi connectivity index (χ3n) is 9.25. The van der Waals surface area contributed by atoms with Crippen molar-refractivity contribution in [1.82, 2.24) is 36.1 Å². The summed E-state index contributed by atoms with van der Waals surface area (Å²) in [4.78, 5) is 86.3. The van der Waals surface area contributed by atoms with Crippen molar-refractivity contribution in [2.45, 2.75) is 71.1 Å². The number of benzene rings is 2. The van der Waals surface area contributed by atoms with Gasteiger partial charge in [-0.2, -0.15) is 5.10 Å². The summed E-state index contributed by atoms with van der Waals surface area (Å²) in [6, 6.07) is 8.81. The SMILES string of the molecule is CC[C@H](C)[C@H](N)C(=O)N[C@H](CC(=O)O)C(=O)N[C@@H](Cc1c[nH]c2ccccc12)C(=O)N[C@@H](C)C(=O)c1cc(-c2sc(NC(=O)c3ccc(F)cc3)nc2C)[nH]n1. The number of aliphatic carboxylic acids is 1. The highest BCUT2D eigenvalue weighted by molar-refractivity contribution is 7.19. The number of carbonyl (C=O) groups is 6. The zero-order chi connectivity index (χ0) is 40.7. The summed E-state index contributed by atoms with van der Waals surface area (Å²) in [5.74, 6) is -5.54. The number of nitrogens with one attached hydrogen (secondary N) is 6. The van der Waals surface area contributed by atoms with Gasteiger partial charge < -0.3 is 31.8 Å². The molecule has 0 radical (unpaired) electrons. The van der Waals surface area contributed by atoms with Crippen molar-refractivity contribution in [2.75, 3.05) is 5.32 Å². The lowest BCUT2D eigenvalue weighted by Gasteiger charge is -2.25. The fourth-order valence-electron chi connectivity index (χ4n) is 5.80. The maximum absolute atomic E-state index is 13.9. The van der Waals surface area contributed by atoms with Crippen molar-refractivity contribution in [1.29, 1.82) is 0 Å². The number of aromatic amines is 2. The lowest BCUT2D eigenvalue weighted by atomic mass is 9.98. The molecule has 5 aromatic rings. The van der Waals surface area contributed by atoms with Gasteiger partial charge >= 0.3 is 5.97 Å². The molecule has 18 heteroatoms. The molecule has 0 aliphatic carbocycles. The zero-order valence-electron chi connectivity index (χ0n) is 30.9. The number of carboxylic acid groups (broad SMARTS) is 1. The van der Waals surface area contributed by atoms with Crippen molar-refractivity contribution in [3.8, 4) is 10.6 Å². The Kier molecular flexibility index (Phi) is 13.1. The molecule has 16 nitrogen and oxygen atoms in total. The number of hydrogen-bond donors (Lipinski definition) is 8. The Hall–Kier alpha value is -6.27. The van der Waals surface area contributed by atoms with Crippen LogP contribution in [0.3, 0.4) is 0 Å². The summed E-state index contributed by atoms with van der Waals surface area (Å²) in [5.41, 5.74) is 8.64. The van der Waals surface area contributed by atoms with Crippen molar-refractivity contribution >= 4 is 62.8 Å². The maximum Gasteiger partial charge on any atom is 0.305 e. The Morgan fingerprint density at radius 3 is 2.32 bits per heavy atom. The van der Waals surface area contributed by atoms with Crippen LogP contribution >= 0.6 is 11.3 Å². The molecule has 0 saturated heterocycles. The second-order valence-corrected chi connectivity index (χ2v) is 14.4. The van der Waals surface area contributed by atoms with Gasteiger partial charge in [0.15, 0.2) is 5.13 Å². The van der Waals surface area contributed by atoms with E-state index in [9.17, 15) is 38.3 Å². The molecule has 294 valence electrons. The molecular weight excluding hydrogens is 746 g/mol. The van der Waals surface area contributed by atoms with E-state index in [0.29, 0.717) is 28.2 Å². The topological polar surface area (TPSA) is 254 Å². The summed E-state index contributed by atoms with van der Waals surface area (Å²) in [6.45, 7) is 6.74. The van der Waals surface area contributed by atoms with Crippen molar-refractivity contribution < 1.29 is 38.3 Å². The standard InChI is InChI=1S/C38H42FN9O7S/c1-5-18(2)31(40)37(55)45-29(16-30(49)50)36(54)44-28(14-22-17-41-25-9-7-6-8-24(22)25)35(53)42-19(3)32(51)26-15-27(48-47-26)33-20(4)43-38(56-33)46-34(52)21-10-12-23(39)13-11-21/h6-13,15,17-19,28-29,31,41H,5,14,16,40H2,1-4H3,(H,42,53)(H,44,54)(H,45,55)(H,47,48)(H,49,50)(H,43,46,52)/t18-,19-,28-,29+,31-/m0/s1. The van der Waals surface area contributed by atoms with Crippen molar-refractivity contribution in [3.05, 3.63) is 89.1 Å². The number of Topliss-reactive ketones (excluding diaryl/α,β-unsaturated/α-hetero) is 1. The van der Waals surface area contributed by atoms with Gasteiger partial charge in [0.2, 0.25) is 23.5 Å². The van der Waals surface area contributed by atoms with Crippen LogP contribution in [0.1, 0.15) is 65.7 Å². The molecule has 5 rings (SSSR count). The number of nitrogens with zero attached hydrogens (tertiary/aromatic N) is 2. The Labute approximate surface area is 324 Å². The third-order valence-corrected chi connectivity index (χ3v) is 10.4.